The number of carbonyl (C=O) groups is 1. The molecule has 7 nitrogen and oxygen atoms in total. The fourth-order valence-corrected chi connectivity index (χ4v) is 4.54. The van der Waals surface area contributed by atoms with Crippen molar-refractivity contribution in [1.82, 2.24) is 24.6 Å². The number of nitrogens with zero attached hydrogens (tertiary/aromatic N) is 6. The Bertz CT molecular complexity index is 887. The van der Waals surface area contributed by atoms with E-state index in [9.17, 15) is 4.79 Å². The van der Waals surface area contributed by atoms with Crippen molar-refractivity contribution in [3.63, 3.8) is 0 Å². The van der Waals surface area contributed by atoms with Gasteiger partial charge in [-0.05, 0) is 45.6 Å². The van der Waals surface area contributed by atoms with E-state index in [-0.39, 0.29) is 5.92 Å². The first kappa shape index (κ1) is 16.7. The summed E-state index contributed by atoms with van der Waals surface area (Å²) in [4.78, 5) is 25.9. The number of amides is 1. The van der Waals surface area contributed by atoms with Crippen LogP contribution in [0.25, 0.3) is 0 Å². The molecule has 0 N–H and O–H groups in total. The van der Waals surface area contributed by atoms with E-state index in [0.717, 1.165) is 62.5 Å². The van der Waals surface area contributed by atoms with Crippen LogP contribution in [0.15, 0.2) is 12.4 Å². The van der Waals surface area contributed by atoms with Gasteiger partial charge in [0, 0.05) is 36.8 Å². The monoisotopic (exact) mass is 366 g/mol. The van der Waals surface area contributed by atoms with Gasteiger partial charge in [-0.1, -0.05) is 0 Å². The second-order valence-corrected chi connectivity index (χ2v) is 8.17. The maximum atomic E-state index is 12.4. The molecule has 2 aliphatic heterocycles. The number of carbonyl (C=O) groups excluding carboxylic acids is 1. The molecule has 0 bridgehead atoms. The molecule has 4 heterocycles. The number of hydrogen-bond acceptors (Lipinski definition) is 5. The van der Waals surface area contributed by atoms with E-state index in [1.807, 2.05) is 11.8 Å². The summed E-state index contributed by atoms with van der Waals surface area (Å²) < 4.78 is 2.17. The highest BCUT2D eigenvalue weighted by Crippen LogP contribution is 2.35. The second-order valence-electron chi connectivity index (χ2n) is 8.17. The lowest BCUT2D eigenvalue weighted by Gasteiger charge is -2.31. The van der Waals surface area contributed by atoms with Crippen molar-refractivity contribution in [3.8, 4) is 0 Å². The summed E-state index contributed by atoms with van der Waals surface area (Å²) in [7, 11) is 0. The molecule has 1 atom stereocenters. The highest BCUT2D eigenvalue weighted by atomic mass is 16.2. The van der Waals surface area contributed by atoms with Gasteiger partial charge in [0.05, 0.1) is 24.0 Å². The Hall–Kier alpha value is -2.44. The molecule has 0 spiro atoms. The van der Waals surface area contributed by atoms with Crippen LogP contribution in [-0.2, 0) is 17.8 Å². The fourth-order valence-electron chi connectivity index (χ4n) is 4.54. The van der Waals surface area contributed by atoms with E-state index >= 15 is 0 Å². The van der Waals surface area contributed by atoms with Crippen molar-refractivity contribution < 1.29 is 4.79 Å². The fraction of sp³-hybridized carbons (Fsp3) is 0.600. The minimum absolute atomic E-state index is 0.271. The minimum atomic E-state index is 0.271. The van der Waals surface area contributed by atoms with Gasteiger partial charge < -0.3 is 9.80 Å². The highest BCUT2D eigenvalue weighted by Gasteiger charge is 2.36. The van der Waals surface area contributed by atoms with Gasteiger partial charge in [-0.2, -0.15) is 5.10 Å². The zero-order valence-corrected chi connectivity index (χ0v) is 16.1. The Morgan fingerprint density at radius 3 is 2.74 bits per heavy atom. The standard InChI is InChI=1S/C20H26N6O/c1-13-9-14(2)26(23-13)16-5-7-24(10-16)19-17-6-8-25(20(27)15-3-4-15)11-18(17)21-12-22-19/h9,12,15-16H,3-8,10-11H2,1-2H3. The molecule has 0 radical (unpaired) electrons. The predicted octanol–water partition coefficient (Wildman–Crippen LogP) is 2.04. The molecule has 1 aliphatic carbocycles. The van der Waals surface area contributed by atoms with E-state index in [1.165, 1.54) is 11.3 Å². The van der Waals surface area contributed by atoms with Gasteiger partial charge in [0.15, 0.2) is 0 Å². The van der Waals surface area contributed by atoms with Gasteiger partial charge >= 0.3 is 0 Å². The molecule has 142 valence electrons. The maximum absolute atomic E-state index is 12.4. The van der Waals surface area contributed by atoms with Crippen LogP contribution < -0.4 is 4.90 Å². The topological polar surface area (TPSA) is 67.2 Å². The van der Waals surface area contributed by atoms with Crippen molar-refractivity contribution in [1.29, 1.82) is 0 Å². The number of rotatable bonds is 3. The molecule has 5 rings (SSSR count). The van der Waals surface area contributed by atoms with Gasteiger partial charge in [-0.3, -0.25) is 9.48 Å². The first-order valence-electron chi connectivity index (χ1n) is 9.99. The van der Waals surface area contributed by atoms with Crippen LogP contribution in [0.1, 0.15) is 47.9 Å². The number of anilines is 1. The van der Waals surface area contributed by atoms with E-state index in [2.05, 4.69) is 37.6 Å². The number of hydrogen-bond donors (Lipinski definition) is 0. The molecular formula is C20H26N6O. The van der Waals surface area contributed by atoms with E-state index in [4.69, 9.17) is 0 Å². The second kappa shape index (κ2) is 6.32. The van der Waals surface area contributed by atoms with Crippen molar-refractivity contribution in [2.45, 2.75) is 52.1 Å². The van der Waals surface area contributed by atoms with Crippen LogP contribution in [0, 0.1) is 19.8 Å². The highest BCUT2D eigenvalue weighted by molar-refractivity contribution is 5.81. The molecule has 27 heavy (non-hydrogen) atoms. The van der Waals surface area contributed by atoms with Crippen molar-refractivity contribution in [2.75, 3.05) is 24.5 Å². The third-order valence-electron chi connectivity index (χ3n) is 6.08. The Kier molecular flexibility index (Phi) is 3.91. The van der Waals surface area contributed by atoms with Crippen LogP contribution in [0.4, 0.5) is 5.82 Å². The van der Waals surface area contributed by atoms with Gasteiger partial charge in [0.25, 0.3) is 0 Å². The molecule has 2 aromatic rings. The zero-order valence-electron chi connectivity index (χ0n) is 16.1. The molecule has 2 fully saturated rings. The van der Waals surface area contributed by atoms with E-state index < -0.39 is 0 Å². The van der Waals surface area contributed by atoms with Gasteiger partial charge in [-0.25, -0.2) is 9.97 Å². The molecule has 7 heteroatoms. The largest absolute Gasteiger partial charge is 0.354 e. The first-order valence-corrected chi connectivity index (χ1v) is 9.99. The van der Waals surface area contributed by atoms with Gasteiger partial charge in [0.2, 0.25) is 5.91 Å². The molecule has 3 aliphatic rings. The first-order chi connectivity index (χ1) is 13.1. The van der Waals surface area contributed by atoms with Crippen molar-refractivity contribution in [3.05, 3.63) is 35.0 Å². The maximum Gasteiger partial charge on any atom is 0.226 e. The SMILES string of the molecule is Cc1cc(C)n(C2CCN(c3ncnc4c3CCN(C(=O)C3CC3)C4)C2)n1. The quantitative estimate of drug-likeness (QED) is 0.832. The molecular weight excluding hydrogens is 340 g/mol. The van der Waals surface area contributed by atoms with E-state index in [1.54, 1.807) is 6.33 Å². The summed E-state index contributed by atoms with van der Waals surface area (Å²) in [6.07, 6.45) is 5.70. The summed E-state index contributed by atoms with van der Waals surface area (Å²) in [6, 6.07) is 2.53. The molecule has 1 amide bonds. The number of fused-ring (bicyclic) bond motifs is 1. The lowest BCUT2D eigenvalue weighted by atomic mass is 10.0. The summed E-state index contributed by atoms with van der Waals surface area (Å²) in [5, 5.41) is 4.67. The Morgan fingerprint density at radius 1 is 1.15 bits per heavy atom. The number of aryl methyl sites for hydroxylation is 2. The lowest BCUT2D eigenvalue weighted by molar-refractivity contribution is -0.133. The lowest BCUT2D eigenvalue weighted by Crippen LogP contribution is -2.38. The predicted molar refractivity (Wildman–Crippen MR) is 101 cm³/mol. The van der Waals surface area contributed by atoms with Gasteiger partial charge in [-0.15, -0.1) is 0 Å². The molecule has 1 unspecified atom stereocenters. The van der Waals surface area contributed by atoms with Crippen LogP contribution >= 0.6 is 0 Å². The summed E-state index contributed by atoms with van der Waals surface area (Å²) in [5.74, 6) is 1.64. The van der Waals surface area contributed by atoms with Crippen LogP contribution in [0.5, 0.6) is 0 Å². The normalized spacial score (nSPS) is 22.2. The van der Waals surface area contributed by atoms with Crippen LogP contribution in [0.3, 0.4) is 0 Å². The summed E-state index contributed by atoms with van der Waals surface area (Å²) in [5.41, 5.74) is 4.55. The van der Waals surface area contributed by atoms with Gasteiger partial charge in [0.1, 0.15) is 12.1 Å². The molecule has 2 aromatic heterocycles. The Balaban J connectivity index is 1.35. The van der Waals surface area contributed by atoms with E-state index in [0.29, 0.717) is 18.5 Å². The minimum Gasteiger partial charge on any atom is -0.354 e. The zero-order chi connectivity index (χ0) is 18.5. The smallest absolute Gasteiger partial charge is 0.226 e. The molecule has 0 aromatic carbocycles. The number of aromatic nitrogens is 4. The molecule has 1 saturated carbocycles. The van der Waals surface area contributed by atoms with Crippen LogP contribution in [0.2, 0.25) is 0 Å². The Labute approximate surface area is 159 Å². The van der Waals surface area contributed by atoms with Crippen molar-refractivity contribution >= 4 is 11.7 Å². The average Bonchev–Trinajstić information content (AvgIpc) is 3.31. The molecule has 1 saturated heterocycles. The third kappa shape index (κ3) is 2.99. The van der Waals surface area contributed by atoms with Crippen LogP contribution in [-0.4, -0.2) is 50.2 Å². The third-order valence-corrected chi connectivity index (χ3v) is 6.08. The average molecular weight is 366 g/mol. The summed E-state index contributed by atoms with van der Waals surface area (Å²) >= 11 is 0. The Morgan fingerprint density at radius 2 is 2.00 bits per heavy atom. The van der Waals surface area contributed by atoms with Crippen molar-refractivity contribution in [2.24, 2.45) is 5.92 Å². The summed E-state index contributed by atoms with van der Waals surface area (Å²) in [6.45, 7) is 7.51.